The molecule has 7 heteroatoms. The number of aromatic nitrogens is 1. The van der Waals surface area contributed by atoms with Crippen molar-refractivity contribution in [2.24, 2.45) is 0 Å². The first-order chi connectivity index (χ1) is 12.9. The molecule has 7 nitrogen and oxygen atoms in total. The third-order valence-corrected chi connectivity index (χ3v) is 4.60. The Hall–Kier alpha value is -2.80. The number of rotatable bonds is 6. The summed E-state index contributed by atoms with van der Waals surface area (Å²) in [7, 11) is 3.18. The number of hydrogen-bond acceptors (Lipinski definition) is 6. The number of aryl methyl sites for hydroxylation is 1. The number of hydrogen-bond donors (Lipinski definition) is 1. The largest absolute Gasteiger partial charge is 0.486 e. The zero-order valence-corrected chi connectivity index (χ0v) is 16.0. The van der Waals surface area contributed by atoms with Crippen LogP contribution in [0.4, 0.5) is 0 Å². The third kappa shape index (κ3) is 3.98. The summed E-state index contributed by atoms with van der Waals surface area (Å²) < 4.78 is 16.4. The van der Waals surface area contributed by atoms with Gasteiger partial charge in [0.2, 0.25) is 0 Å². The van der Waals surface area contributed by atoms with Crippen LogP contribution in [0.2, 0.25) is 0 Å². The van der Waals surface area contributed by atoms with Gasteiger partial charge in [0.15, 0.2) is 17.3 Å². The maximum atomic E-state index is 12.7. The molecule has 0 aliphatic carbocycles. The maximum absolute atomic E-state index is 12.7. The van der Waals surface area contributed by atoms with Gasteiger partial charge in [0.25, 0.3) is 0 Å². The molecule has 1 aliphatic rings. The number of carbonyl (C=O) groups is 2. The number of nitrogens with one attached hydrogen (secondary N) is 1. The predicted molar refractivity (Wildman–Crippen MR) is 99.8 cm³/mol. The van der Waals surface area contributed by atoms with Crippen LogP contribution in [0, 0.1) is 13.8 Å². The second kappa shape index (κ2) is 7.84. The highest BCUT2D eigenvalue weighted by Gasteiger charge is 2.25. The number of methoxy groups -OCH3 is 1. The van der Waals surface area contributed by atoms with E-state index in [0.29, 0.717) is 41.4 Å². The Labute approximate surface area is 158 Å². The first-order valence-electron chi connectivity index (χ1n) is 8.78. The SMILES string of the molecule is COC(=O)c1c(C)[nH]c(C(=O)CN(C)CC2COc3ccccc3O2)c1C. The van der Waals surface area contributed by atoms with Crippen LogP contribution in [0.25, 0.3) is 0 Å². The second-order valence-corrected chi connectivity index (χ2v) is 6.73. The Balaban J connectivity index is 1.63. The Kier molecular flexibility index (Phi) is 5.51. The Morgan fingerprint density at radius 2 is 1.96 bits per heavy atom. The van der Waals surface area contributed by atoms with Crippen molar-refractivity contribution in [1.29, 1.82) is 0 Å². The van der Waals surface area contributed by atoms with Gasteiger partial charge in [-0.25, -0.2) is 4.79 Å². The second-order valence-electron chi connectivity index (χ2n) is 6.73. The maximum Gasteiger partial charge on any atom is 0.339 e. The molecule has 1 aromatic carbocycles. The van der Waals surface area contributed by atoms with Gasteiger partial charge in [0, 0.05) is 12.2 Å². The van der Waals surface area contributed by atoms with E-state index in [4.69, 9.17) is 14.2 Å². The number of ketones is 1. The van der Waals surface area contributed by atoms with Crippen LogP contribution >= 0.6 is 0 Å². The molecular formula is C20H24N2O5. The molecule has 0 bridgehead atoms. The lowest BCUT2D eigenvalue weighted by atomic mass is 10.1. The minimum absolute atomic E-state index is 0.0922. The molecule has 0 radical (unpaired) electrons. The van der Waals surface area contributed by atoms with Gasteiger partial charge in [0.05, 0.1) is 24.9 Å². The Morgan fingerprint density at radius 1 is 1.26 bits per heavy atom. The molecule has 0 amide bonds. The smallest absolute Gasteiger partial charge is 0.339 e. The van der Waals surface area contributed by atoms with Gasteiger partial charge in [0.1, 0.15) is 12.7 Å². The number of esters is 1. The topological polar surface area (TPSA) is 80.9 Å². The fourth-order valence-corrected chi connectivity index (χ4v) is 3.33. The first-order valence-corrected chi connectivity index (χ1v) is 8.78. The number of Topliss-reactive ketones (excluding diaryl/α,β-unsaturated/α-hetero) is 1. The number of benzene rings is 1. The van der Waals surface area contributed by atoms with Crippen molar-refractivity contribution in [2.75, 3.05) is 33.9 Å². The lowest BCUT2D eigenvalue weighted by Gasteiger charge is -2.29. The molecule has 3 rings (SSSR count). The molecule has 1 aliphatic heterocycles. The number of nitrogens with zero attached hydrogens (tertiary/aromatic N) is 1. The molecule has 2 heterocycles. The molecule has 1 N–H and O–H groups in total. The minimum atomic E-state index is -0.444. The Morgan fingerprint density at radius 3 is 2.67 bits per heavy atom. The average molecular weight is 372 g/mol. The molecular weight excluding hydrogens is 348 g/mol. The number of ether oxygens (including phenoxy) is 3. The number of fused-ring (bicyclic) bond motifs is 1. The summed E-state index contributed by atoms with van der Waals surface area (Å²) >= 11 is 0. The van der Waals surface area contributed by atoms with Crippen molar-refractivity contribution in [3.05, 3.63) is 46.8 Å². The molecule has 144 valence electrons. The van der Waals surface area contributed by atoms with Crippen LogP contribution in [0.15, 0.2) is 24.3 Å². The van der Waals surface area contributed by atoms with E-state index in [1.54, 1.807) is 13.8 Å². The van der Waals surface area contributed by atoms with E-state index in [2.05, 4.69) is 4.98 Å². The molecule has 1 unspecified atom stereocenters. The normalized spacial score (nSPS) is 15.7. The van der Waals surface area contributed by atoms with Crippen molar-refractivity contribution in [1.82, 2.24) is 9.88 Å². The van der Waals surface area contributed by atoms with Crippen LogP contribution < -0.4 is 9.47 Å². The fourth-order valence-electron chi connectivity index (χ4n) is 3.33. The number of likely N-dealkylation sites (N-methyl/N-ethyl adjacent to an activating group) is 1. The summed E-state index contributed by atoms with van der Waals surface area (Å²) in [6.07, 6.45) is -0.158. The van der Waals surface area contributed by atoms with E-state index in [0.717, 1.165) is 5.75 Å². The van der Waals surface area contributed by atoms with Gasteiger partial charge in [-0.1, -0.05) is 12.1 Å². The van der Waals surface area contributed by atoms with Crippen LogP contribution in [0.3, 0.4) is 0 Å². The zero-order valence-electron chi connectivity index (χ0n) is 16.0. The summed E-state index contributed by atoms with van der Waals surface area (Å²) in [5, 5.41) is 0. The third-order valence-electron chi connectivity index (χ3n) is 4.60. The predicted octanol–water partition coefficient (Wildman–Crippen LogP) is 2.37. The van der Waals surface area contributed by atoms with E-state index in [1.165, 1.54) is 7.11 Å². The summed E-state index contributed by atoms with van der Waals surface area (Å²) in [6.45, 7) is 4.68. The van der Waals surface area contributed by atoms with Crippen molar-refractivity contribution < 1.29 is 23.8 Å². The highest BCUT2D eigenvalue weighted by molar-refractivity contribution is 6.02. The first kappa shape index (κ1) is 19.0. The molecule has 2 aromatic rings. The minimum Gasteiger partial charge on any atom is -0.486 e. The van der Waals surface area contributed by atoms with Crippen molar-refractivity contribution >= 4 is 11.8 Å². The average Bonchev–Trinajstić information content (AvgIpc) is 2.95. The fraction of sp³-hybridized carbons (Fsp3) is 0.400. The Bertz CT molecular complexity index is 858. The van der Waals surface area contributed by atoms with E-state index in [-0.39, 0.29) is 18.4 Å². The lowest BCUT2D eigenvalue weighted by Crippen LogP contribution is -2.41. The standard InChI is InChI=1S/C20H24N2O5/c1-12-18(20(24)25-4)13(2)21-19(12)15(23)10-22(3)9-14-11-26-16-7-5-6-8-17(16)27-14/h5-8,14,21H,9-11H2,1-4H3. The molecule has 1 atom stereocenters. The zero-order chi connectivity index (χ0) is 19.6. The van der Waals surface area contributed by atoms with Crippen LogP contribution in [0.1, 0.15) is 32.1 Å². The van der Waals surface area contributed by atoms with Crippen molar-refractivity contribution in [3.8, 4) is 11.5 Å². The van der Waals surface area contributed by atoms with Gasteiger partial charge in [-0.3, -0.25) is 9.69 Å². The molecule has 0 saturated heterocycles. The van der Waals surface area contributed by atoms with E-state index >= 15 is 0 Å². The van der Waals surface area contributed by atoms with Gasteiger partial charge < -0.3 is 19.2 Å². The van der Waals surface area contributed by atoms with Crippen molar-refractivity contribution in [2.45, 2.75) is 20.0 Å². The van der Waals surface area contributed by atoms with Crippen LogP contribution in [-0.4, -0.2) is 61.6 Å². The van der Waals surface area contributed by atoms with Crippen LogP contribution in [-0.2, 0) is 4.74 Å². The van der Waals surface area contributed by atoms with Gasteiger partial charge in [-0.05, 0) is 38.6 Å². The number of H-pyrrole nitrogens is 1. The van der Waals surface area contributed by atoms with Gasteiger partial charge in [-0.15, -0.1) is 0 Å². The summed E-state index contributed by atoms with van der Waals surface area (Å²) in [5.74, 6) is 0.915. The molecule has 27 heavy (non-hydrogen) atoms. The highest BCUT2D eigenvalue weighted by Crippen LogP contribution is 2.31. The summed E-state index contributed by atoms with van der Waals surface area (Å²) in [5.41, 5.74) is 2.10. The number of para-hydroxylation sites is 2. The number of aromatic amines is 1. The highest BCUT2D eigenvalue weighted by atomic mass is 16.6. The van der Waals surface area contributed by atoms with E-state index in [9.17, 15) is 9.59 Å². The van der Waals surface area contributed by atoms with Gasteiger partial charge in [-0.2, -0.15) is 0 Å². The molecule has 0 fully saturated rings. The monoisotopic (exact) mass is 372 g/mol. The van der Waals surface area contributed by atoms with Crippen LogP contribution in [0.5, 0.6) is 11.5 Å². The number of carbonyl (C=O) groups excluding carboxylic acids is 2. The summed E-state index contributed by atoms with van der Waals surface area (Å²) in [4.78, 5) is 29.5. The van der Waals surface area contributed by atoms with Gasteiger partial charge >= 0.3 is 5.97 Å². The van der Waals surface area contributed by atoms with Crippen molar-refractivity contribution in [3.63, 3.8) is 0 Å². The quantitative estimate of drug-likeness (QED) is 0.619. The summed E-state index contributed by atoms with van der Waals surface area (Å²) in [6, 6.07) is 7.53. The lowest BCUT2D eigenvalue weighted by molar-refractivity contribution is 0.0599. The molecule has 0 saturated carbocycles. The molecule has 0 spiro atoms. The van der Waals surface area contributed by atoms with E-state index < -0.39 is 5.97 Å². The molecule has 1 aromatic heterocycles. The van der Waals surface area contributed by atoms with E-state index in [1.807, 2.05) is 36.2 Å².